The van der Waals surface area contributed by atoms with Crippen LogP contribution in [0.2, 0.25) is 10.0 Å². The van der Waals surface area contributed by atoms with Crippen LogP contribution in [0.15, 0.2) is 72.8 Å². The number of para-hydroxylation sites is 2. The minimum atomic E-state index is 0.152. The van der Waals surface area contributed by atoms with E-state index in [1.54, 1.807) is 24.3 Å². The van der Waals surface area contributed by atoms with Gasteiger partial charge in [0.05, 0.1) is 49.5 Å². The van der Waals surface area contributed by atoms with Crippen LogP contribution in [0.25, 0.3) is 38.6 Å². The summed E-state index contributed by atoms with van der Waals surface area (Å²) in [5.74, 6) is 0. The second kappa shape index (κ2) is 8.01. The zero-order valence-electron chi connectivity index (χ0n) is 17.0. The van der Waals surface area contributed by atoms with Gasteiger partial charge in [-0.15, -0.1) is 0 Å². The number of fused-ring (bicyclic) bond motifs is 3. The fourth-order valence-electron chi connectivity index (χ4n) is 4.25. The number of hydrogen-bond acceptors (Lipinski definition) is 3. The lowest BCUT2D eigenvalue weighted by Gasteiger charge is -2.18. The summed E-state index contributed by atoms with van der Waals surface area (Å²) in [4.78, 5) is 0. The monoisotopic (exact) mass is 462 g/mol. The Hall–Kier alpha value is -4.27. The van der Waals surface area contributed by atoms with Crippen LogP contribution < -0.4 is 0 Å². The lowest BCUT2D eigenvalue weighted by molar-refractivity contribution is 1.17. The van der Waals surface area contributed by atoms with Crippen LogP contribution in [0.4, 0.5) is 0 Å². The Morgan fingerprint density at radius 2 is 1.09 bits per heavy atom. The number of aromatic nitrogens is 1. The van der Waals surface area contributed by atoms with Crippen LogP contribution in [0.1, 0.15) is 16.7 Å². The van der Waals surface area contributed by atoms with Crippen LogP contribution in [-0.4, -0.2) is 4.57 Å². The molecule has 0 aliphatic carbocycles. The van der Waals surface area contributed by atoms with Gasteiger partial charge in [0, 0.05) is 16.3 Å². The third-order valence-electron chi connectivity index (χ3n) is 5.68. The van der Waals surface area contributed by atoms with Crippen LogP contribution in [0.3, 0.4) is 0 Å². The first-order chi connectivity index (χ1) is 16.1. The number of benzene rings is 4. The van der Waals surface area contributed by atoms with E-state index in [4.69, 9.17) is 28.5 Å². The second-order valence-corrected chi connectivity index (χ2v) is 8.14. The van der Waals surface area contributed by atoms with Gasteiger partial charge in [-0.2, -0.15) is 15.8 Å². The molecule has 0 saturated heterocycles. The van der Waals surface area contributed by atoms with Gasteiger partial charge in [-0.1, -0.05) is 71.7 Å². The highest BCUT2D eigenvalue weighted by atomic mass is 35.5. The van der Waals surface area contributed by atoms with E-state index in [2.05, 4.69) is 18.2 Å². The first-order valence-electron chi connectivity index (χ1n) is 9.95. The maximum atomic E-state index is 10.1. The third kappa shape index (κ3) is 3.04. The first-order valence-corrected chi connectivity index (χ1v) is 10.7. The molecule has 0 aliphatic rings. The van der Waals surface area contributed by atoms with Crippen molar-refractivity contribution in [2.45, 2.75) is 0 Å². The summed E-state index contributed by atoms with van der Waals surface area (Å²) in [5.41, 5.74) is 3.82. The minimum Gasteiger partial charge on any atom is -0.306 e. The summed E-state index contributed by atoms with van der Waals surface area (Å²) in [5, 5.41) is 31.6. The molecule has 0 aliphatic heterocycles. The van der Waals surface area contributed by atoms with Crippen molar-refractivity contribution in [3.05, 3.63) is 99.5 Å². The molecule has 0 fully saturated rings. The first kappa shape index (κ1) is 20.6. The normalized spacial score (nSPS) is 10.6. The summed E-state index contributed by atoms with van der Waals surface area (Å²) in [6.45, 7) is 0. The quantitative estimate of drug-likeness (QED) is 0.274. The molecule has 0 radical (unpaired) electrons. The van der Waals surface area contributed by atoms with E-state index < -0.39 is 0 Å². The lowest BCUT2D eigenvalue weighted by atomic mass is 9.93. The molecule has 1 aromatic heterocycles. The largest absolute Gasteiger partial charge is 0.306 e. The Bertz CT molecular complexity index is 1610. The molecular formula is C27H12Cl2N4. The molecule has 0 spiro atoms. The van der Waals surface area contributed by atoms with Gasteiger partial charge >= 0.3 is 0 Å². The van der Waals surface area contributed by atoms with E-state index in [1.165, 1.54) is 0 Å². The summed E-state index contributed by atoms with van der Waals surface area (Å²) in [7, 11) is 0. The van der Waals surface area contributed by atoms with Gasteiger partial charge < -0.3 is 4.57 Å². The van der Waals surface area contributed by atoms with Gasteiger partial charge in [-0.25, -0.2) is 0 Å². The van der Waals surface area contributed by atoms with Gasteiger partial charge in [0.15, 0.2) is 0 Å². The van der Waals surface area contributed by atoms with E-state index >= 15 is 0 Å². The van der Waals surface area contributed by atoms with Crippen LogP contribution in [0.5, 0.6) is 0 Å². The van der Waals surface area contributed by atoms with Gasteiger partial charge in [-0.05, 0) is 29.8 Å². The molecule has 6 heteroatoms. The molecule has 33 heavy (non-hydrogen) atoms. The van der Waals surface area contributed by atoms with Crippen molar-refractivity contribution in [2.75, 3.05) is 0 Å². The van der Waals surface area contributed by atoms with Crippen molar-refractivity contribution in [3.63, 3.8) is 0 Å². The standard InChI is InChI=1S/C27H12Cl2N4/c28-25-20(14-31)24(17-11-9-16(13-30)10-12-17)21(15-32)26(29)27(25)33-22-7-3-1-5-18(22)19-6-2-4-8-23(19)33/h1-12H. The van der Waals surface area contributed by atoms with Crippen LogP contribution in [-0.2, 0) is 0 Å². The Labute approximate surface area is 199 Å². The summed E-state index contributed by atoms with van der Waals surface area (Å²) in [6.07, 6.45) is 0. The number of nitriles is 3. The number of nitrogens with zero attached hydrogens (tertiary/aromatic N) is 4. The van der Waals surface area contributed by atoms with Crippen LogP contribution in [0, 0.1) is 34.0 Å². The van der Waals surface area contributed by atoms with Crippen molar-refractivity contribution in [1.82, 2.24) is 4.57 Å². The highest BCUT2D eigenvalue weighted by Crippen LogP contribution is 2.45. The zero-order valence-corrected chi connectivity index (χ0v) is 18.5. The molecule has 0 bridgehead atoms. The van der Waals surface area contributed by atoms with E-state index in [0.717, 1.165) is 21.8 Å². The van der Waals surface area contributed by atoms with E-state index in [-0.39, 0.29) is 21.2 Å². The predicted octanol–water partition coefficient (Wildman–Crippen LogP) is 7.37. The Kier molecular flexibility index (Phi) is 5.01. The average Bonchev–Trinajstić information content (AvgIpc) is 3.18. The molecule has 0 unspecified atom stereocenters. The van der Waals surface area contributed by atoms with Crippen molar-refractivity contribution in [3.8, 4) is 35.0 Å². The molecule has 5 aromatic rings. The molecule has 0 saturated carbocycles. The molecule has 154 valence electrons. The summed E-state index contributed by atoms with van der Waals surface area (Å²) >= 11 is 13.7. The van der Waals surface area contributed by atoms with Crippen molar-refractivity contribution in [2.24, 2.45) is 0 Å². The molecule has 1 heterocycles. The molecule has 0 atom stereocenters. The van der Waals surface area contributed by atoms with Crippen molar-refractivity contribution < 1.29 is 0 Å². The maximum Gasteiger partial charge on any atom is 0.101 e. The Balaban J connectivity index is 1.93. The van der Waals surface area contributed by atoms with E-state index in [1.807, 2.05) is 53.1 Å². The highest BCUT2D eigenvalue weighted by Gasteiger charge is 2.26. The minimum absolute atomic E-state index is 0.152. The van der Waals surface area contributed by atoms with Crippen molar-refractivity contribution in [1.29, 1.82) is 15.8 Å². The molecule has 4 aromatic carbocycles. The van der Waals surface area contributed by atoms with Gasteiger partial charge in [0.25, 0.3) is 0 Å². The summed E-state index contributed by atoms with van der Waals surface area (Å²) in [6, 6.07) is 28.7. The molecule has 0 amide bonds. The predicted molar refractivity (Wildman–Crippen MR) is 130 cm³/mol. The molecule has 5 rings (SSSR count). The topological polar surface area (TPSA) is 76.3 Å². The number of halogens is 2. The van der Waals surface area contributed by atoms with Gasteiger partial charge in [-0.3, -0.25) is 0 Å². The lowest BCUT2D eigenvalue weighted by Crippen LogP contribution is -2.03. The average molecular weight is 463 g/mol. The third-order valence-corrected chi connectivity index (χ3v) is 6.42. The molecular weight excluding hydrogens is 451 g/mol. The van der Waals surface area contributed by atoms with Crippen molar-refractivity contribution >= 4 is 45.0 Å². The van der Waals surface area contributed by atoms with Gasteiger partial charge in [0.1, 0.15) is 12.1 Å². The Morgan fingerprint density at radius 3 is 1.55 bits per heavy atom. The van der Waals surface area contributed by atoms with Crippen LogP contribution >= 0.6 is 23.2 Å². The Morgan fingerprint density at radius 1 is 0.606 bits per heavy atom. The van der Waals surface area contributed by atoms with E-state index in [0.29, 0.717) is 22.4 Å². The number of rotatable bonds is 2. The highest BCUT2D eigenvalue weighted by molar-refractivity contribution is 6.40. The smallest absolute Gasteiger partial charge is 0.101 e. The summed E-state index contributed by atoms with van der Waals surface area (Å²) < 4.78 is 1.90. The zero-order chi connectivity index (χ0) is 23.1. The molecule has 4 nitrogen and oxygen atoms in total. The second-order valence-electron chi connectivity index (χ2n) is 7.38. The van der Waals surface area contributed by atoms with Gasteiger partial charge in [0.2, 0.25) is 0 Å². The van der Waals surface area contributed by atoms with E-state index in [9.17, 15) is 10.5 Å². The fourth-order valence-corrected chi connectivity index (χ4v) is 4.93. The maximum absolute atomic E-state index is 10.1. The SMILES string of the molecule is N#Cc1ccc(-c2c(C#N)c(Cl)c(-n3c4ccccc4c4ccccc43)c(Cl)c2C#N)cc1. The number of hydrogen-bond donors (Lipinski definition) is 0. The fraction of sp³-hybridized carbons (Fsp3) is 0. The molecule has 0 N–H and O–H groups in total.